The average molecular weight is 223 g/mol. The molecular weight excluding hydrogens is 194 g/mol. The predicted octanol–water partition coefficient (Wildman–Crippen LogP) is 3.98. The molecule has 1 nitrogen and oxygen atoms in total. The molecule has 0 aromatic carbocycles. The lowest BCUT2D eigenvalue weighted by molar-refractivity contribution is 0.329. The van der Waals surface area contributed by atoms with E-state index in [1.165, 1.54) is 51.5 Å². The quantitative estimate of drug-likeness (QED) is 0.656. The number of hydrogen-bond acceptors (Lipinski definition) is 1. The van der Waals surface area contributed by atoms with Gasteiger partial charge in [-0.2, -0.15) is 0 Å². The van der Waals surface area contributed by atoms with Crippen LogP contribution in [-0.4, -0.2) is 12.6 Å². The molecule has 2 saturated carbocycles. The van der Waals surface area contributed by atoms with Crippen LogP contribution < -0.4 is 5.32 Å². The Balaban J connectivity index is 1.70. The minimum atomic E-state index is 0.767. The lowest BCUT2D eigenvalue weighted by Crippen LogP contribution is -2.35. The summed E-state index contributed by atoms with van der Waals surface area (Å²) in [5.74, 6) is 1.98. The molecule has 2 rings (SSSR count). The molecular formula is C15H29N. The van der Waals surface area contributed by atoms with Crippen LogP contribution in [0.4, 0.5) is 0 Å². The van der Waals surface area contributed by atoms with Crippen LogP contribution in [0.3, 0.4) is 0 Å². The van der Waals surface area contributed by atoms with Crippen LogP contribution in [0, 0.1) is 17.3 Å². The van der Waals surface area contributed by atoms with Crippen molar-refractivity contribution in [3.05, 3.63) is 0 Å². The highest BCUT2D eigenvalue weighted by Gasteiger charge is 2.53. The highest BCUT2D eigenvalue weighted by atomic mass is 14.9. The molecule has 0 heterocycles. The first-order valence-corrected chi connectivity index (χ1v) is 7.43. The SMILES string of the molecule is CCC(C)CC(CC)NCC1(C2CC2)CC1. The molecule has 2 aliphatic carbocycles. The van der Waals surface area contributed by atoms with Crippen molar-refractivity contribution in [3.8, 4) is 0 Å². The highest BCUT2D eigenvalue weighted by Crippen LogP contribution is 2.60. The molecule has 1 N–H and O–H groups in total. The molecule has 0 aromatic rings. The molecule has 0 saturated heterocycles. The summed E-state index contributed by atoms with van der Waals surface area (Å²) in [6.45, 7) is 8.34. The lowest BCUT2D eigenvalue weighted by atomic mass is 9.95. The van der Waals surface area contributed by atoms with Gasteiger partial charge in [-0.1, -0.05) is 27.2 Å². The Kier molecular flexibility index (Phi) is 3.94. The molecule has 2 unspecified atom stereocenters. The number of rotatable bonds is 8. The van der Waals surface area contributed by atoms with Crippen molar-refractivity contribution < 1.29 is 0 Å². The lowest BCUT2D eigenvalue weighted by Gasteiger charge is -2.24. The molecule has 0 bridgehead atoms. The third-order valence-corrected chi connectivity index (χ3v) is 4.96. The Morgan fingerprint density at radius 2 is 1.88 bits per heavy atom. The van der Waals surface area contributed by atoms with E-state index in [-0.39, 0.29) is 0 Å². The largest absolute Gasteiger partial charge is 0.313 e. The van der Waals surface area contributed by atoms with E-state index in [4.69, 9.17) is 0 Å². The molecule has 0 aromatic heterocycles. The topological polar surface area (TPSA) is 12.0 Å². The van der Waals surface area contributed by atoms with E-state index in [1.54, 1.807) is 0 Å². The van der Waals surface area contributed by atoms with E-state index in [0.717, 1.165) is 23.3 Å². The van der Waals surface area contributed by atoms with Gasteiger partial charge in [0.2, 0.25) is 0 Å². The van der Waals surface area contributed by atoms with E-state index >= 15 is 0 Å². The maximum absolute atomic E-state index is 3.86. The van der Waals surface area contributed by atoms with Crippen LogP contribution in [0.25, 0.3) is 0 Å². The van der Waals surface area contributed by atoms with E-state index in [1.807, 2.05) is 0 Å². The third kappa shape index (κ3) is 3.00. The van der Waals surface area contributed by atoms with E-state index < -0.39 is 0 Å². The second-order valence-corrected chi connectivity index (χ2v) is 6.37. The summed E-state index contributed by atoms with van der Waals surface area (Å²) in [5, 5.41) is 3.86. The zero-order chi connectivity index (χ0) is 11.6. The molecule has 16 heavy (non-hydrogen) atoms. The monoisotopic (exact) mass is 223 g/mol. The maximum Gasteiger partial charge on any atom is 0.00672 e. The molecule has 0 amide bonds. The normalized spacial score (nSPS) is 26.4. The summed E-state index contributed by atoms with van der Waals surface area (Å²) in [4.78, 5) is 0. The van der Waals surface area contributed by atoms with Crippen LogP contribution in [0.15, 0.2) is 0 Å². The Hall–Kier alpha value is -0.0400. The first-order chi connectivity index (χ1) is 7.70. The van der Waals surface area contributed by atoms with Gasteiger partial charge in [-0.3, -0.25) is 0 Å². The fourth-order valence-corrected chi connectivity index (χ4v) is 2.98. The van der Waals surface area contributed by atoms with Gasteiger partial charge in [0, 0.05) is 12.6 Å². The molecule has 2 fully saturated rings. The standard InChI is InChI=1S/C15H29N/c1-4-12(3)10-14(5-2)16-11-15(8-9-15)13-6-7-13/h12-14,16H,4-11H2,1-3H3. The van der Waals surface area contributed by atoms with Crippen molar-refractivity contribution in [3.63, 3.8) is 0 Å². The van der Waals surface area contributed by atoms with Gasteiger partial charge in [0.25, 0.3) is 0 Å². The van der Waals surface area contributed by atoms with Gasteiger partial charge in [0.1, 0.15) is 0 Å². The Morgan fingerprint density at radius 3 is 2.31 bits per heavy atom. The molecule has 0 spiro atoms. The smallest absolute Gasteiger partial charge is 0.00672 e. The van der Waals surface area contributed by atoms with Crippen LogP contribution in [0.5, 0.6) is 0 Å². The summed E-state index contributed by atoms with van der Waals surface area (Å²) in [7, 11) is 0. The van der Waals surface area contributed by atoms with Crippen molar-refractivity contribution in [2.75, 3.05) is 6.54 Å². The second-order valence-electron chi connectivity index (χ2n) is 6.37. The van der Waals surface area contributed by atoms with E-state index in [2.05, 4.69) is 26.1 Å². The first kappa shape index (κ1) is 12.4. The Morgan fingerprint density at radius 1 is 1.19 bits per heavy atom. The molecule has 1 heteroatoms. The first-order valence-electron chi connectivity index (χ1n) is 7.43. The molecule has 94 valence electrons. The van der Waals surface area contributed by atoms with Gasteiger partial charge < -0.3 is 5.32 Å². The van der Waals surface area contributed by atoms with Gasteiger partial charge in [0.15, 0.2) is 0 Å². The summed E-state index contributed by atoms with van der Waals surface area (Å²) >= 11 is 0. The number of hydrogen-bond donors (Lipinski definition) is 1. The molecule has 0 aliphatic heterocycles. The molecule has 2 atom stereocenters. The summed E-state index contributed by atoms with van der Waals surface area (Å²) in [6.07, 6.45) is 10.0. The second kappa shape index (κ2) is 5.08. The maximum atomic E-state index is 3.86. The van der Waals surface area contributed by atoms with Crippen LogP contribution >= 0.6 is 0 Å². The zero-order valence-corrected chi connectivity index (χ0v) is 11.4. The van der Waals surface area contributed by atoms with Gasteiger partial charge in [0.05, 0.1) is 0 Å². The van der Waals surface area contributed by atoms with Crippen LogP contribution in [-0.2, 0) is 0 Å². The number of nitrogens with one attached hydrogen (secondary N) is 1. The summed E-state index contributed by atoms with van der Waals surface area (Å²) in [6, 6.07) is 0.770. The Labute approximate surface area is 101 Å². The van der Waals surface area contributed by atoms with Crippen LogP contribution in [0.1, 0.15) is 65.7 Å². The minimum Gasteiger partial charge on any atom is -0.313 e. The fraction of sp³-hybridized carbons (Fsp3) is 1.00. The van der Waals surface area contributed by atoms with Crippen molar-refractivity contribution in [1.82, 2.24) is 5.32 Å². The molecule has 0 radical (unpaired) electrons. The van der Waals surface area contributed by atoms with Crippen LogP contribution in [0.2, 0.25) is 0 Å². The van der Waals surface area contributed by atoms with Crippen molar-refractivity contribution >= 4 is 0 Å². The minimum absolute atomic E-state index is 0.767. The highest BCUT2D eigenvalue weighted by molar-refractivity contribution is 5.05. The van der Waals surface area contributed by atoms with Gasteiger partial charge in [-0.25, -0.2) is 0 Å². The summed E-state index contributed by atoms with van der Waals surface area (Å²) < 4.78 is 0. The van der Waals surface area contributed by atoms with E-state index in [0.29, 0.717) is 0 Å². The third-order valence-electron chi connectivity index (χ3n) is 4.96. The van der Waals surface area contributed by atoms with Gasteiger partial charge in [-0.15, -0.1) is 0 Å². The van der Waals surface area contributed by atoms with Gasteiger partial charge in [-0.05, 0) is 55.8 Å². The molecule has 2 aliphatic rings. The predicted molar refractivity (Wildman–Crippen MR) is 70.5 cm³/mol. The van der Waals surface area contributed by atoms with Gasteiger partial charge >= 0.3 is 0 Å². The zero-order valence-electron chi connectivity index (χ0n) is 11.4. The van der Waals surface area contributed by atoms with Crippen molar-refractivity contribution in [1.29, 1.82) is 0 Å². The Bertz CT molecular complexity index is 215. The average Bonchev–Trinajstić information content (AvgIpc) is 3.16. The summed E-state index contributed by atoms with van der Waals surface area (Å²) in [5.41, 5.74) is 0.767. The van der Waals surface area contributed by atoms with Crippen molar-refractivity contribution in [2.24, 2.45) is 17.3 Å². The van der Waals surface area contributed by atoms with Crippen molar-refractivity contribution in [2.45, 2.75) is 71.8 Å². The fourth-order valence-electron chi connectivity index (χ4n) is 2.98. The van der Waals surface area contributed by atoms with E-state index in [9.17, 15) is 0 Å².